The Morgan fingerprint density at radius 3 is 2.86 bits per heavy atom. The van der Waals surface area contributed by atoms with Gasteiger partial charge in [0.05, 0.1) is 43.0 Å². The van der Waals surface area contributed by atoms with Gasteiger partial charge in [0.1, 0.15) is 24.8 Å². The Balaban J connectivity index is 1.06. The lowest BCUT2D eigenvalue weighted by atomic mass is 10.1. The number of benzene rings is 1. The van der Waals surface area contributed by atoms with Gasteiger partial charge in [-0.1, -0.05) is 0 Å². The summed E-state index contributed by atoms with van der Waals surface area (Å²) in [5, 5.41) is 2.97. The predicted molar refractivity (Wildman–Crippen MR) is 134 cm³/mol. The van der Waals surface area contributed by atoms with Crippen LogP contribution in [0.4, 0.5) is 16.2 Å². The maximum Gasteiger partial charge on any atom is 0.414 e. The van der Waals surface area contributed by atoms with E-state index in [4.69, 9.17) is 18.9 Å². The number of carbonyl (C=O) groups excluding carboxylic acids is 2. The van der Waals surface area contributed by atoms with E-state index in [1.807, 2.05) is 12.1 Å². The zero-order chi connectivity index (χ0) is 25.4. The Morgan fingerprint density at radius 2 is 2.00 bits per heavy atom. The molecule has 11 nitrogen and oxygen atoms in total. The SMILES string of the molecule is COc1ccc2nccc(N3CC[C@@H](C(=O)NC[C@@H]4CN(c5ccc6c(c5)OCCO6)C(=O)O4)C3)c2n1. The van der Waals surface area contributed by atoms with Crippen LogP contribution in [0.2, 0.25) is 0 Å². The van der Waals surface area contributed by atoms with Crippen LogP contribution in [0.25, 0.3) is 11.0 Å². The third-order valence-corrected chi connectivity index (χ3v) is 6.86. The molecule has 37 heavy (non-hydrogen) atoms. The average Bonchev–Trinajstić information content (AvgIpc) is 3.58. The molecule has 0 aliphatic carbocycles. The van der Waals surface area contributed by atoms with Gasteiger partial charge < -0.3 is 29.2 Å². The van der Waals surface area contributed by atoms with E-state index in [1.165, 1.54) is 0 Å². The number of methoxy groups -OCH3 is 1. The number of cyclic esters (lactones) is 1. The summed E-state index contributed by atoms with van der Waals surface area (Å²) in [6.07, 6.45) is 1.58. The minimum atomic E-state index is -0.449. The zero-order valence-corrected chi connectivity index (χ0v) is 20.4. The fourth-order valence-corrected chi connectivity index (χ4v) is 4.95. The summed E-state index contributed by atoms with van der Waals surface area (Å²) in [5.41, 5.74) is 3.13. The first kappa shape index (κ1) is 23.1. The lowest BCUT2D eigenvalue weighted by Gasteiger charge is -2.21. The number of ether oxygens (including phenoxy) is 4. The number of hydrogen-bond donors (Lipinski definition) is 1. The Bertz CT molecular complexity index is 1350. The number of aromatic nitrogens is 2. The lowest BCUT2D eigenvalue weighted by molar-refractivity contribution is -0.124. The second-order valence-electron chi connectivity index (χ2n) is 9.17. The van der Waals surface area contributed by atoms with Crippen molar-refractivity contribution in [2.75, 3.05) is 56.3 Å². The van der Waals surface area contributed by atoms with Crippen molar-refractivity contribution in [1.82, 2.24) is 15.3 Å². The molecule has 2 amide bonds. The van der Waals surface area contributed by atoms with Gasteiger partial charge in [-0.3, -0.25) is 14.7 Å². The number of fused-ring (bicyclic) bond motifs is 2. The molecule has 2 fully saturated rings. The number of nitrogens with zero attached hydrogens (tertiary/aromatic N) is 4. The fraction of sp³-hybridized carbons (Fsp3) is 0.385. The average molecular weight is 506 g/mol. The molecular formula is C26H27N5O6. The van der Waals surface area contributed by atoms with Crippen LogP contribution in [0.5, 0.6) is 17.4 Å². The van der Waals surface area contributed by atoms with E-state index in [-0.39, 0.29) is 18.4 Å². The van der Waals surface area contributed by atoms with Gasteiger partial charge in [0, 0.05) is 31.4 Å². The van der Waals surface area contributed by atoms with Crippen molar-refractivity contribution in [2.24, 2.45) is 5.92 Å². The summed E-state index contributed by atoms with van der Waals surface area (Å²) in [6.45, 7) is 2.86. The van der Waals surface area contributed by atoms with Gasteiger partial charge in [-0.15, -0.1) is 0 Å². The molecule has 2 aromatic heterocycles. The first-order chi connectivity index (χ1) is 18.1. The van der Waals surface area contributed by atoms with E-state index in [0.29, 0.717) is 55.8 Å². The van der Waals surface area contributed by atoms with Crippen molar-refractivity contribution >= 4 is 34.4 Å². The number of pyridine rings is 2. The highest BCUT2D eigenvalue weighted by molar-refractivity contribution is 5.91. The third kappa shape index (κ3) is 4.52. The Hall–Kier alpha value is -4.28. The van der Waals surface area contributed by atoms with Crippen LogP contribution in [0, 0.1) is 5.92 Å². The predicted octanol–water partition coefficient (Wildman–Crippen LogP) is 2.38. The molecule has 3 aromatic rings. The highest BCUT2D eigenvalue weighted by Gasteiger charge is 2.35. The molecule has 6 rings (SSSR count). The Labute approximate surface area is 213 Å². The molecule has 3 aliphatic rings. The van der Waals surface area contributed by atoms with E-state index in [2.05, 4.69) is 20.2 Å². The van der Waals surface area contributed by atoms with Crippen molar-refractivity contribution in [3.8, 4) is 17.4 Å². The van der Waals surface area contributed by atoms with Crippen LogP contribution in [0.15, 0.2) is 42.6 Å². The summed E-state index contributed by atoms with van der Waals surface area (Å²) in [5.74, 6) is 1.55. The van der Waals surface area contributed by atoms with Gasteiger partial charge in [0.25, 0.3) is 0 Å². The molecule has 0 spiro atoms. The van der Waals surface area contributed by atoms with E-state index < -0.39 is 12.2 Å². The third-order valence-electron chi connectivity index (χ3n) is 6.86. The topological polar surface area (TPSA) is 115 Å². The number of carbonyl (C=O) groups is 2. The fourth-order valence-electron chi connectivity index (χ4n) is 4.95. The highest BCUT2D eigenvalue weighted by atomic mass is 16.6. The van der Waals surface area contributed by atoms with Crippen LogP contribution >= 0.6 is 0 Å². The first-order valence-corrected chi connectivity index (χ1v) is 12.3. The van der Waals surface area contributed by atoms with Gasteiger partial charge in [0.15, 0.2) is 11.5 Å². The molecule has 0 saturated carbocycles. The van der Waals surface area contributed by atoms with E-state index in [1.54, 1.807) is 42.5 Å². The summed E-state index contributed by atoms with van der Waals surface area (Å²) < 4.78 is 22.0. The van der Waals surface area contributed by atoms with Crippen molar-refractivity contribution in [2.45, 2.75) is 12.5 Å². The minimum absolute atomic E-state index is 0.0553. The molecule has 2 atom stereocenters. The Morgan fingerprint density at radius 1 is 1.14 bits per heavy atom. The monoisotopic (exact) mass is 505 g/mol. The summed E-state index contributed by atoms with van der Waals surface area (Å²) in [4.78, 5) is 38.1. The summed E-state index contributed by atoms with van der Waals surface area (Å²) in [7, 11) is 1.58. The maximum absolute atomic E-state index is 13.0. The molecule has 0 radical (unpaired) electrons. The highest BCUT2D eigenvalue weighted by Crippen LogP contribution is 2.35. The smallest absolute Gasteiger partial charge is 0.414 e. The molecule has 1 aromatic carbocycles. The first-order valence-electron chi connectivity index (χ1n) is 12.3. The number of rotatable bonds is 6. The maximum atomic E-state index is 13.0. The van der Waals surface area contributed by atoms with Gasteiger partial charge in [-0.2, -0.15) is 0 Å². The van der Waals surface area contributed by atoms with Crippen LogP contribution in [0.1, 0.15) is 6.42 Å². The lowest BCUT2D eigenvalue weighted by Crippen LogP contribution is -2.39. The van der Waals surface area contributed by atoms with Crippen molar-refractivity contribution in [1.29, 1.82) is 0 Å². The Kier molecular flexibility index (Phi) is 6.03. The van der Waals surface area contributed by atoms with E-state index >= 15 is 0 Å². The van der Waals surface area contributed by atoms with Crippen molar-refractivity contribution < 1.29 is 28.5 Å². The second kappa shape index (κ2) is 9.64. The summed E-state index contributed by atoms with van der Waals surface area (Å²) in [6, 6.07) is 10.9. The standard InChI is InChI=1S/C26H27N5O6/c1-34-23-5-3-19-24(29-23)20(6-8-27-19)30-9-7-16(14-30)25(32)28-13-18-15-31(26(33)37-18)17-2-4-21-22(12-17)36-11-10-35-21/h2-6,8,12,16,18H,7,9-11,13-15H2,1H3,(H,28,32)/t16-,18-/m1/s1. The largest absolute Gasteiger partial charge is 0.486 e. The molecule has 5 heterocycles. The quantitative estimate of drug-likeness (QED) is 0.539. The molecule has 192 valence electrons. The van der Waals surface area contributed by atoms with Gasteiger partial charge in [0.2, 0.25) is 11.8 Å². The normalized spacial score (nSPS) is 20.7. The molecular weight excluding hydrogens is 478 g/mol. The number of anilines is 2. The van der Waals surface area contributed by atoms with Gasteiger partial charge in [-0.05, 0) is 30.7 Å². The molecule has 11 heteroatoms. The molecule has 0 unspecified atom stereocenters. The minimum Gasteiger partial charge on any atom is -0.486 e. The summed E-state index contributed by atoms with van der Waals surface area (Å²) >= 11 is 0. The molecule has 3 aliphatic heterocycles. The molecule has 2 saturated heterocycles. The van der Waals surface area contributed by atoms with Crippen LogP contribution in [-0.2, 0) is 9.53 Å². The van der Waals surface area contributed by atoms with Crippen LogP contribution in [-0.4, -0.2) is 74.6 Å². The molecule has 1 N–H and O–H groups in total. The number of amides is 2. The van der Waals surface area contributed by atoms with Gasteiger partial charge >= 0.3 is 6.09 Å². The number of nitrogens with one attached hydrogen (secondary N) is 1. The van der Waals surface area contributed by atoms with Crippen LogP contribution < -0.4 is 29.3 Å². The second-order valence-corrected chi connectivity index (χ2v) is 9.17. The van der Waals surface area contributed by atoms with E-state index in [0.717, 1.165) is 23.3 Å². The van der Waals surface area contributed by atoms with Crippen LogP contribution in [0.3, 0.4) is 0 Å². The molecule has 0 bridgehead atoms. The van der Waals surface area contributed by atoms with E-state index in [9.17, 15) is 9.59 Å². The van der Waals surface area contributed by atoms with Crippen molar-refractivity contribution in [3.63, 3.8) is 0 Å². The van der Waals surface area contributed by atoms with Crippen molar-refractivity contribution in [3.05, 3.63) is 42.6 Å². The number of hydrogen-bond acceptors (Lipinski definition) is 9. The zero-order valence-electron chi connectivity index (χ0n) is 20.4. The van der Waals surface area contributed by atoms with Gasteiger partial charge in [-0.25, -0.2) is 9.78 Å².